The van der Waals surface area contributed by atoms with Crippen molar-refractivity contribution in [3.8, 4) is 11.3 Å². The van der Waals surface area contributed by atoms with Crippen LogP contribution in [0.25, 0.3) is 11.3 Å². The van der Waals surface area contributed by atoms with Crippen LogP contribution in [0.4, 0.5) is 5.82 Å². The fraction of sp³-hybridized carbons (Fsp3) is 0.389. The molecule has 0 bridgehead atoms. The largest absolute Gasteiger partial charge is 0.392 e. The molecule has 1 saturated heterocycles. The van der Waals surface area contributed by atoms with E-state index in [0.29, 0.717) is 10.6 Å². The van der Waals surface area contributed by atoms with Crippen LogP contribution in [-0.4, -0.2) is 40.1 Å². The lowest BCUT2D eigenvalue weighted by Gasteiger charge is -2.33. The highest BCUT2D eigenvalue weighted by Crippen LogP contribution is 2.27. The number of aliphatic hydroxyl groups is 1. The lowest BCUT2D eigenvalue weighted by Crippen LogP contribution is -2.44. The van der Waals surface area contributed by atoms with E-state index in [0.717, 1.165) is 43.0 Å². The van der Waals surface area contributed by atoms with Crippen molar-refractivity contribution < 1.29 is 9.90 Å². The van der Waals surface area contributed by atoms with E-state index in [2.05, 4.69) is 20.2 Å². The van der Waals surface area contributed by atoms with Gasteiger partial charge in [-0.25, -0.2) is 9.97 Å². The Balaban J connectivity index is 1.74. The number of rotatable bonds is 4. The molecular weight excluding hydrogens is 340 g/mol. The minimum Gasteiger partial charge on any atom is -0.392 e. The van der Waals surface area contributed by atoms with Crippen molar-refractivity contribution in [2.75, 3.05) is 18.0 Å². The second-order valence-corrected chi connectivity index (χ2v) is 6.59. The Labute approximate surface area is 151 Å². The van der Waals surface area contributed by atoms with Gasteiger partial charge in [0, 0.05) is 42.7 Å². The van der Waals surface area contributed by atoms with Crippen molar-refractivity contribution in [2.24, 2.45) is 0 Å². The van der Waals surface area contributed by atoms with Crippen LogP contribution in [0, 0.1) is 0 Å². The first-order chi connectivity index (χ1) is 12.1. The van der Waals surface area contributed by atoms with Crippen molar-refractivity contribution >= 4 is 23.3 Å². The van der Waals surface area contributed by atoms with E-state index in [1.54, 1.807) is 19.3 Å². The fourth-order valence-corrected chi connectivity index (χ4v) is 3.29. The van der Waals surface area contributed by atoms with Gasteiger partial charge in [-0.15, -0.1) is 0 Å². The molecule has 0 unspecified atom stereocenters. The summed E-state index contributed by atoms with van der Waals surface area (Å²) in [5.41, 5.74) is 2.37. The number of carbonyl (C=O) groups is 1. The number of aromatic nitrogens is 2. The van der Waals surface area contributed by atoms with Gasteiger partial charge in [0.1, 0.15) is 12.1 Å². The van der Waals surface area contributed by atoms with Crippen molar-refractivity contribution in [2.45, 2.75) is 32.4 Å². The molecule has 2 N–H and O–H groups in total. The van der Waals surface area contributed by atoms with E-state index in [-0.39, 0.29) is 18.6 Å². The average Bonchev–Trinajstić information content (AvgIpc) is 2.62. The summed E-state index contributed by atoms with van der Waals surface area (Å²) in [6.07, 6.45) is 3.35. The summed E-state index contributed by atoms with van der Waals surface area (Å²) >= 11 is 6.18. The number of anilines is 1. The van der Waals surface area contributed by atoms with Crippen LogP contribution in [0.2, 0.25) is 5.02 Å². The van der Waals surface area contributed by atoms with Crippen LogP contribution < -0.4 is 10.2 Å². The van der Waals surface area contributed by atoms with E-state index < -0.39 is 0 Å². The predicted octanol–water partition coefficient (Wildman–Crippen LogP) is 2.39. The van der Waals surface area contributed by atoms with Crippen molar-refractivity contribution in [1.82, 2.24) is 15.3 Å². The molecule has 6 nitrogen and oxygen atoms in total. The van der Waals surface area contributed by atoms with Crippen LogP contribution in [0.15, 0.2) is 30.6 Å². The van der Waals surface area contributed by atoms with E-state index in [1.807, 2.05) is 18.2 Å². The summed E-state index contributed by atoms with van der Waals surface area (Å²) in [5, 5.41) is 12.7. The highest BCUT2D eigenvalue weighted by Gasteiger charge is 2.21. The molecule has 132 valence electrons. The Hall–Kier alpha value is -2.18. The van der Waals surface area contributed by atoms with E-state index in [4.69, 9.17) is 11.6 Å². The number of nitrogens with one attached hydrogen (secondary N) is 1. The molecule has 2 aromatic rings. The highest BCUT2D eigenvalue weighted by molar-refractivity contribution is 6.31. The second-order valence-electron chi connectivity index (χ2n) is 6.19. The Morgan fingerprint density at radius 2 is 2.08 bits per heavy atom. The van der Waals surface area contributed by atoms with Gasteiger partial charge >= 0.3 is 0 Å². The molecule has 1 aliphatic heterocycles. The molecule has 0 spiro atoms. The molecule has 2 heterocycles. The summed E-state index contributed by atoms with van der Waals surface area (Å²) in [5.74, 6) is 0.889. The standard InChI is InChI=1S/C18H21ClN4O2/c1-12(25)22-15-4-6-23(7-5-15)18-9-17(20-11-21-18)13-2-3-14(10-24)16(19)8-13/h2-3,8-9,11,15,24H,4-7,10H2,1H3,(H,22,25). The summed E-state index contributed by atoms with van der Waals surface area (Å²) in [6.45, 7) is 3.14. The van der Waals surface area contributed by atoms with Crippen LogP contribution in [0.5, 0.6) is 0 Å². The van der Waals surface area contributed by atoms with E-state index in [1.165, 1.54) is 0 Å². The monoisotopic (exact) mass is 360 g/mol. The molecule has 0 saturated carbocycles. The number of aliphatic hydroxyl groups excluding tert-OH is 1. The number of benzene rings is 1. The first-order valence-corrected chi connectivity index (χ1v) is 8.68. The lowest BCUT2D eigenvalue weighted by atomic mass is 10.0. The van der Waals surface area contributed by atoms with E-state index in [9.17, 15) is 9.90 Å². The van der Waals surface area contributed by atoms with Gasteiger partial charge in [0.15, 0.2) is 0 Å². The zero-order valence-corrected chi connectivity index (χ0v) is 14.8. The lowest BCUT2D eigenvalue weighted by molar-refractivity contribution is -0.119. The number of nitrogens with zero attached hydrogens (tertiary/aromatic N) is 3. The molecule has 0 aliphatic carbocycles. The van der Waals surface area contributed by atoms with Gasteiger partial charge in [-0.1, -0.05) is 23.7 Å². The molecule has 7 heteroatoms. The molecule has 1 aliphatic rings. The third-order valence-corrected chi connectivity index (χ3v) is 4.75. The molecule has 3 rings (SSSR count). The van der Waals surface area contributed by atoms with Crippen molar-refractivity contribution in [3.63, 3.8) is 0 Å². The first kappa shape index (κ1) is 17.6. The minimum atomic E-state index is -0.0859. The molecular formula is C18H21ClN4O2. The maximum atomic E-state index is 11.2. The zero-order valence-electron chi connectivity index (χ0n) is 14.1. The Bertz CT molecular complexity index is 760. The van der Waals surface area contributed by atoms with Gasteiger partial charge in [-0.3, -0.25) is 4.79 Å². The second kappa shape index (κ2) is 7.80. The number of amides is 1. The third kappa shape index (κ3) is 4.27. The Morgan fingerprint density at radius 3 is 2.72 bits per heavy atom. The highest BCUT2D eigenvalue weighted by atomic mass is 35.5. The minimum absolute atomic E-state index is 0.0194. The topological polar surface area (TPSA) is 78.4 Å². The van der Waals surface area contributed by atoms with Crippen LogP contribution in [0.1, 0.15) is 25.3 Å². The molecule has 1 amide bonds. The Morgan fingerprint density at radius 1 is 1.32 bits per heavy atom. The van der Waals surface area contributed by atoms with Gasteiger partial charge in [0.2, 0.25) is 5.91 Å². The van der Waals surface area contributed by atoms with Gasteiger partial charge in [0.25, 0.3) is 0 Å². The SMILES string of the molecule is CC(=O)NC1CCN(c2cc(-c3ccc(CO)c(Cl)c3)ncn2)CC1. The molecule has 0 radical (unpaired) electrons. The summed E-state index contributed by atoms with van der Waals surface area (Å²) in [7, 11) is 0. The summed E-state index contributed by atoms with van der Waals surface area (Å²) < 4.78 is 0. The van der Waals surface area contributed by atoms with Crippen LogP contribution >= 0.6 is 11.6 Å². The third-order valence-electron chi connectivity index (χ3n) is 4.40. The Kier molecular flexibility index (Phi) is 5.50. The number of hydrogen-bond acceptors (Lipinski definition) is 5. The zero-order chi connectivity index (χ0) is 17.8. The normalized spacial score (nSPS) is 15.2. The predicted molar refractivity (Wildman–Crippen MR) is 97.5 cm³/mol. The smallest absolute Gasteiger partial charge is 0.217 e. The van der Waals surface area contributed by atoms with Crippen LogP contribution in [0.3, 0.4) is 0 Å². The van der Waals surface area contributed by atoms with Crippen molar-refractivity contribution in [1.29, 1.82) is 0 Å². The number of carbonyl (C=O) groups excluding carboxylic acids is 1. The average molecular weight is 361 g/mol. The van der Waals surface area contributed by atoms with Gasteiger partial charge in [-0.2, -0.15) is 0 Å². The number of halogens is 1. The molecule has 1 fully saturated rings. The maximum Gasteiger partial charge on any atom is 0.217 e. The van der Waals surface area contributed by atoms with Crippen LogP contribution in [-0.2, 0) is 11.4 Å². The molecule has 1 aromatic heterocycles. The first-order valence-electron chi connectivity index (χ1n) is 8.30. The van der Waals surface area contributed by atoms with Crippen molar-refractivity contribution in [3.05, 3.63) is 41.2 Å². The van der Waals surface area contributed by atoms with E-state index >= 15 is 0 Å². The van der Waals surface area contributed by atoms with Gasteiger partial charge in [0.05, 0.1) is 12.3 Å². The summed E-state index contributed by atoms with van der Waals surface area (Å²) in [6, 6.07) is 7.69. The molecule has 0 atom stereocenters. The van der Waals surface area contributed by atoms with Gasteiger partial charge < -0.3 is 15.3 Å². The summed E-state index contributed by atoms with van der Waals surface area (Å²) in [4.78, 5) is 22.1. The van der Waals surface area contributed by atoms with Gasteiger partial charge in [-0.05, 0) is 24.5 Å². The molecule has 25 heavy (non-hydrogen) atoms. The fourth-order valence-electron chi connectivity index (χ4n) is 3.05. The number of piperidine rings is 1. The number of hydrogen-bond donors (Lipinski definition) is 2. The quantitative estimate of drug-likeness (QED) is 0.875. The maximum absolute atomic E-state index is 11.2. The molecule has 1 aromatic carbocycles.